The Balaban J connectivity index is 0.000000284. The number of aromatic nitrogens is 1. The highest BCUT2D eigenvalue weighted by molar-refractivity contribution is 5.74. The number of aromatic amines is 1. The van der Waals surface area contributed by atoms with Crippen LogP contribution in [0, 0.1) is 0 Å². The molecule has 0 saturated carbocycles. The van der Waals surface area contributed by atoms with Crippen LogP contribution in [-0.2, 0) is 41.4 Å². The van der Waals surface area contributed by atoms with Crippen LogP contribution in [0.2, 0.25) is 0 Å². The van der Waals surface area contributed by atoms with Crippen molar-refractivity contribution < 1.29 is 28.6 Å². The molecule has 3 rings (SSSR count). The van der Waals surface area contributed by atoms with Crippen LogP contribution in [0.15, 0.2) is 48.8 Å². The van der Waals surface area contributed by atoms with Gasteiger partial charge >= 0.3 is 17.9 Å². The normalized spacial score (nSPS) is 11.0. The van der Waals surface area contributed by atoms with Crippen molar-refractivity contribution in [2.24, 2.45) is 0 Å². The lowest BCUT2D eigenvalue weighted by molar-refractivity contribution is -0.141. The molecule has 0 amide bonds. The van der Waals surface area contributed by atoms with Gasteiger partial charge in [-0.2, -0.15) is 0 Å². The zero-order valence-corrected chi connectivity index (χ0v) is 20.7. The van der Waals surface area contributed by atoms with Gasteiger partial charge in [0, 0.05) is 31.7 Å². The smallest absolute Gasteiger partial charge is 0.305 e. The fourth-order valence-corrected chi connectivity index (χ4v) is 3.31. The Morgan fingerprint density at radius 3 is 2.00 bits per heavy atom. The number of allylic oxidation sites excluding steroid dienone is 2. The number of carbonyl (C=O) groups excluding carboxylic acids is 3. The molecule has 1 aromatic carbocycles. The Bertz CT molecular complexity index is 896. The molecule has 1 aliphatic rings. The zero-order chi connectivity index (χ0) is 25.2. The van der Waals surface area contributed by atoms with Gasteiger partial charge in [0.25, 0.3) is 0 Å². The highest BCUT2D eigenvalue weighted by Crippen LogP contribution is 2.30. The summed E-state index contributed by atoms with van der Waals surface area (Å²) in [4.78, 5) is 34.6. The third-order valence-corrected chi connectivity index (χ3v) is 5.24. The standard InChI is InChI=1S/C14H16O2.C9H13NO2.C4H8O2/c1-16-14(15)8-4-6-12-10-9-11-5-2-3-7-13(11)12;1-12-9(11)4-2-3-8-5-6-10-7-8;1-3-4(5)6-2/h2-3,5,7,10H,4,6,8-9H2,1H3;5-7,10H,2-4H2,1H3;3H2,1-2H3. The molecule has 0 saturated heterocycles. The number of rotatable bonds is 9. The molecule has 7 heteroatoms. The number of H-pyrrole nitrogens is 1. The quantitative estimate of drug-likeness (QED) is 0.406. The fourth-order valence-electron chi connectivity index (χ4n) is 3.31. The molecule has 186 valence electrons. The second-order valence-corrected chi connectivity index (χ2v) is 7.60. The van der Waals surface area contributed by atoms with Crippen molar-refractivity contribution in [2.45, 2.75) is 58.3 Å². The van der Waals surface area contributed by atoms with Crippen LogP contribution < -0.4 is 0 Å². The number of aryl methyl sites for hydroxylation is 1. The average Bonchev–Trinajstić information content (AvgIpc) is 3.54. The number of hydrogen-bond acceptors (Lipinski definition) is 6. The molecule has 0 aliphatic heterocycles. The van der Waals surface area contributed by atoms with Gasteiger partial charge in [-0.1, -0.05) is 37.3 Å². The number of hydrogen-bond donors (Lipinski definition) is 1. The minimum absolute atomic E-state index is 0.119. The maximum atomic E-state index is 11.0. The molecule has 0 spiro atoms. The van der Waals surface area contributed by atoms with Gasteiger partial charge in [-0.3, -0.25) is 14.4 Å². The van der Waals surface area contributed by atoms with Gasteiger partial charge in [0.15, 0.2) is 0 Å². The van der Waals surface area contributed by atoms with Crippen LogP contribution in [0.3, 0.4) is 0 Å². The lowest BCUT2D eigenvalue weighted by Crippen LogP contribution is -2.00. The minimum atomic E-state index is -0.157. The van der Waals surface area contributed by atoms with E-state index in [2.05, 4.69) is 49.5 Å². The van der Waals surface area contributed by atoms with Crippen LogP contribution in [-0.4, -0.2) is 44.2 Å². The van der Waals surface area contributed by atoms with E-state index in [1.165, 1.54) is 43.6 Å². The van der Waals surface area contributed by atoms with E-state index < -0.39 is 0 Å². The number of esters is 3. The number of ether oxygens (including phenoxy) is 3. The van der Waals surface area contributed by atoms with Crippen molar-refractivity contribution in [3.8, 4) is 0 Å². The Labute approximate surface area is 202 Å². The molecule has 2 aromatic rings. The second-order valence-electron chi connectivity index (χ2n) is 7.60. The summed E-state index contributed by atoms with van der Waals surface area (Å²) in [6.45, 7) is 1.76. The van der Waals surface area contributed by atoms with E-state index in [-0.39, 0.29) is 17.9 Å². The van der Waals surface area contributed by atoms with Crippen molar-refractivity contribution in [1.29, 1.82) is 0 Å². The topological polar surface area (TPSA) is 94.7 Å². The van der Waals surface area contributed by atoms with E-state index in [4.69, 9.17) is 0 Å². The van der Waals surface area contributed by atoms with Gasteiger partial charge in [0.2, 0.25) is 0 Å². The molecule has 0 bridgehead atoms. The maximum Gasteiger partial charge on any atom is 0.305 e. The van der Waals surface area contributed by atoms with Crippen molar-refractivity contribution in [2.75, 3.05) is 21.3 Å². The van der Waals surface area contributed by atoms with Crippen LogP contribution >= 0.6 is 0 Å². The van der Waals surface area contributed by atoms with Crippen molar-refractivity contribution >= 4 is 23.5 Å². The molecule has 1 aromatic heterocycles. The largest absolute Gasteiger partial charge is 0.469 e. The Hall–Kier alpha value is -3.35. The van der Waals surface area contributed by atoms with Gasteiger partial charge in [0.1, 0.15) is 0 Å². The highest BCUT2D eigenvalue weighted by Gasteiger charge is 2.13. The summed E-state index contributed by atoms with van der Waals surface area (Å²) in [6, 6.07) is 10.5. The average molecular weight is 472 g/mol. The van der Waals surface area contributed by atoms with Crippen molar-refractivity contribution in [3.05, 3.63) is 65.5 Å². The van der Waals surface area contributed by atoms with Crippen LogP contribution in [0.1, 0.15) is 62.1 Å². The van der Waals surface area contributed by atoms with Gasteiger partial charge in [-0.25, -0.2) is 0 Å². The summed E-state index contributed by atoms with van der Waals surface area (Å²) in [7, 11) is 4.23. The first kappa shape index (κ1) is 28.7. The molecule has 0 unspecified atom stereocenters. The molecule has 1 heterocycles. The summed E-state index contributed by atoms with van der Waals surface area (Å²) in [6.07, 6.45) is 12.2. The summed E-state index contributed by atoms with van der Waals surface area (Å²) < 4.78 is 13.4. The number of benzene rings is 1. The molecule has 1 N–H and O–H groups in total. The molecule has 0 atom stereocenters. The van der Waals surface area contributed by atoms with Gasteiger partial charge in [-0.05, 0) is 60.4 Å². The molecule has 34 heavy (non-hydrogen) atoms. The first-order valence-electron chi connectivity index (χ1n) is 11.5. The summed E-state index contributed by atoms with van der Waals surface area (Å²) >= 11 is 0. The minimum Gasteiger partial charge on any atom is -0.469 e. The number of methoxy groups -OCH3 is 3. The Kier molecular flexibility index (Phi) is 14.5. The van der Waals surface area contributed by atoms with Crippen LogP contribution in [0.4, 0.5) is 0 Å². The molecular formula is C27H37NO6. The third kappa shape index (κ3) is 11.5. The van der Waals surface area contributed by atoms with Gasteiger partial charge in [0.05, 0.1) is 21.3 Å². The number of carbonyl (C=O) groups is 3. The SMILES string of the molecule is CCC(=O)OC.COC(=O)CCCC1=CCc2ccccc21.COC(=O)CCCc1cc[nH]c1. The fraction of sp³-hybridized carbons (Fsp3) is 0.444. The second kappa shape index (κ2) is 17.2. The van der Waals surface area contributed by atoms with E-state index in [0.717, 1.165) is 32.1 Å². The van der Waals surface area contributed by atoms with E-state index in [1.54, 1.807) is 6.92 Å². The number of nitrogens with one attached hydrogen (secondary N) is 1. The first-order chi connectivity index (χ1) is 16.4. The molecule has 7 nitrogen and oxygen atoms in total. The van der Waals surface area contributed by atoms with E-state index in [0.29, 0.717) is 19.3 Å². The monoisotopic (exact) mass is 471 g/mol. The molecule has 1 aliphatic carbocycles. The Morgan fingerprint density at radius 2 is 1.47 bits per heavy atom. The van der Waals surface area contributed by atoms with Crippen LogP contribution in [0.5, 0.6) is 0 Å². The van der Waals surface area contributed by atoms with Crippen molar-refractivity contribution in [1.82, 2.24) is 4.98 Å². The summed E-state index contributed by atoms with van der Waals surface area (Å²) in [5.41, 5.74) is 5.36. The van der Waals surface area contributed by atoms with E-state index >= 15 is 0 Å². The molecule has 0 fully saturated rings. The first-order valence-corrected chi connectivity index (χ1v) is 11.5. The Morgan fingerprint density at radius 1 is 0.853 bits per heavy atom. The summed E-state index contributed by atoms with van der Waals surface area (Å²) in [5.74, 6) is -0.410. The predicted octanol–water partition coefficient (Wildman–Crippen LogP) is 5.05. The molecule has 0 radical (unpaired) electrons. The predicted molar refractivity (Wildman–Crippen MR) is 132 cm³/mol. The van der Waals surface area contributed by atoms with Crippen LogP contribution in [0.25, 0.3) is 5.57 Å². The lowest BCUT2D eigenvalue weighted by Gasteiger charge is -2.05. The molecular weight excluding hydrogens is 434 g/mol. The van der Waals surface area contributed by atoms with Gasteiger partial charge < -0.3 is 19.2 Å². The lowest BCUT2D eigenvalue weighted by atomic mass is 10.0. The highest BCUT2D eigenvalue weighted by atomic mass is 16.5. The van der Waals surface area contributed by atoms with Gasteiger partial charge in [-0.15, -0.1) is 0 Å². The number of fused-ring (bicyclic) bond motifs is 1. The van der Waals surface area contributed by atoms with E-state index in [9.17, 15) is 14.4 Å². The zero-order valence-electron chi connectivity index (χ0n) is 20.7. The van der Waals surface area contributed by atoms with E-state index in [1.807, 2.05) is 18.5 Å². The van der Waals surface area contributed by atoms with Crippen molar-refractivity contribution in [3.63, 3.8) is 0 Å². The third-order valence-electron chi connectivity index (χ3n) is 5.24. The summed E-state index contributed by atoms with van der Waals surface area (Å²) in [5, 5.41) is 0. The maximum absolute atomic E-state index is 11.0.